The summed E-state index contributed by atoms with van der Waals surface area (Å²) in [5.41, 5.74) is 1.85. The minimum Gasteiger partial charge on any atom is -0.496 e. The van der Waals surface area contributed by atoms with Gasteiger partial charge in [-0.25, -0.2) is 4.39 Å². The average molecular weight is 294 g/mol. The zero-order valence-corrected chi connectivity index (χ0v) is 12.2. The molecule has 0 fully saturated rings. The summed E-state index contributed by atoms with van der Waals surface area (Å²) in [6.07, 6.45) is 0.870. The Bertz CT molecular complexity index is 588. The molecule has 1 atom stereocenters. The third-order valence-corrected chi connectivity index (χ3v) is 3.47. The fourth-order valence-corrected chi connectivity index (χ4v) is 2.32. The first-order valence-electron chi connectivity index (χ1n) is 6.50. The molecule has 2 rings (SSSR count). The first-order valence-corrected chi connectivity index (χ1v) is 6.88. The molecule has 2 aromatic carbocycles. The Balaban J connectivity index is 2.26. The van der Waals surface area contributed by atoms with Crippen LogP contribution in [0.3, 0.4) is 0 Å². The van der Waals surface area contributed by atoms with Gasteiger partial charge in [0.25, 0.3) is 0 Å². The van der Waals surface area contributed by atoms with Crippen molar-refractivity contribution in [2.24, 2.45) is 0 Å². The van der Waals surface area contributed by atoms with Gasteiger partial charge in [-0.05, 0) is 30.7 Å². The fourth-order valence-electron chi connectivity index (χ4n) is 2.14. The van der Waals surface area contributed by atoms with Crippen LogP contribution in [-0.4, -0.2) is 7.11 Å². The lowest BCUT2D eigenvalue weighted by molar-refractivity contribution is 0.406. The van der Waals surface area contributed by atoms with Crippen molar-refractivity contribution < 1.29 is 9.13 Å². The Morgan fingerprint density at radius 2 is 2.00 bits per heavy atom. The van der Waals surface area contributed by atoms with Crippen LogP contribution in [0.25, 0.3) is 0 Å². The standard InChI is InChI=1S/C16H17ClFNO/c1-3-15(12-6-4-5-7-16(12)20-2)19-11-8-9-14(18)13(17)10-11/h4-10,15,19H,3H2,1-2H3. The SMILES string of the molecule is CCC(Nc1ccc(F)c(Cl)c1)c1ccccc1OC. The van der Waals surface area contributed by atoms with Crippen molar-refractivity contribution >= 4 is 17.3 Å². The Kier molecular flexibility index (Phi) is 4.85. The number of methoxy groups -OCH3 is 1. The zero-order valence-electron chi connectivity index (χ0n) is 11.5. The number of para-hydroxylation sites is 1. The van der Waals surface area contributed by atoms with Gasteiger partial charge in [-0.3, -0.25) is 0 Å². The van der Waals surface area contributed by atoms with Crippen molar-refractivity contribution in [3.63, 3.8) is 0 Å². The van der Waals surface area contributed by atoms with E-state index in [4.69, 9.17) is 16.3 Å². The molecule has 0 saturated carbocycles. The average Bonchev–Trinajstić information content (AvgIpc) is 2.48. The first-order chi connectivity index (χ1) is 9.65. The smallest absolute Gasteiger partial charge is 0.141 e. The zero-order chi connectivity index (χ0) is 14.5. The van der Waals surface area contributed by atoms with Gasteiger partial charge in [0, 0.05) is 11.3 Å². The van der Waals surface area contributed by atoms with Gasteiger partial charge in [-0.1, -0.05) is 36.7 Å². The predicted molar refractivity (Wildman–Crippen MR) is 81.1 cm³/mol. The maximum atomic E-state index is 13.2. The topological polar surface area (TPSA) is 21.3 Å². The van der Waals surface area contributed by atoms with Gasteiger partial charge in [0.1, 0.15) is 11.6 Å². The lowest BCUT2D eigenvalue weighted by Crippen LogP contribution is -2.11. The predicted octanol–water partition coefficient (Wildman–Crippen LogP) is 5.05. The molecule has 1 N–H and O–H groups in total. The van der Waals surface area contributed by atoms with Crippen LogP contribution in [0.2, 0.25) is 5.02 Å². The molecule has 2 nitrogen and oxygen atoms in total. The molecule has 4 heteroatoms. The van der Waals surface area contributed by atoms with Gasteiger partial charge in [-0.15, -0.1) is 0 Å². The van der Waals surface area contributed by atoms with Gasteiger partial charge in [-0.2, -0.15) is 0 Å². The minimum atomic E-state index is -0.414. The third-order valence-electron chi connectivity index (χ3n) is 3.18. The summed E-state index contributed by atoms with van der Waals surface area (Å²) < 4.78 is 18.6. The molecule has 106 valence electrons. The molecule has 0 radical (unpaired) electrons. The second-order valence-electron chi connectivity index (χ2n) is 4.48. The van der Waals surface area contributed by atoms with Crippen molar-refractivity contribution in [2.45, 2.75) is 19.4 Å². The highest BCUT2D eigenvalue weighted by Gasteiger charge is 2.14. The molecule has 0 aliphatic carbocycles. The Morgan fingerprint density at radius 1 is 1.25 bits per heavy atom. The number of hydrogen-bond acceptors (Lipinski definition) is 2. The van der Waals surface area contributed by atoms with Gasteiger partial charge in [0.15, 0.2) is 0 Å². The van der Waals surface area contributed by atoms with E-state index < -0.39 is 5.82 Å². The van der Waals surface area contributed by atoms with Crippen molar-refractivity contribution in [3.05, 3.63) is 58.9 Å². The van der Waals surface area contributed by atoms with Crippen LogP contribution in [0.5, 0.6) is 5.75 Å². The lowest BCUT2D eigenvalue weighted by atomic mass is 10.0. The molecular formula is C16H17ClFNO. The Labute approximate surface area is 123 Å². The van der Waals surface area contributed by atoms with Crippen LogP contribution in [-0.2, 0) is 0 Å². The van der Waals surface area contributed by atoms with Crippen molar-refractivity contribution in [2.75, 3.05) is 12.4 Å². The molecule has 0 aliphatic heterocycles. The number of hydrogen-bond donors (Lipinski definition) is 1. The Morgan fingerprint density at radius 3 is 2.65 bits per heavy atom. The molecule has 0 saturated heterocycles. The van der Waals surface area contributed by atoms with E-state index in [2.05, 4.69) is 12.2 Å². The minimum absolute atomic E-state index is 0.0766. The second-order valence-corrected chi connectivity index (χ2v) is 4.88. The number of halogens is 2. The quantitative estimate of drug-likeness (QED) is 0.833. The molecule has 1 unspecified atom stereocenters. The summed E-state index contributed by atoms with van der Waals surface area (Å²) in [5.74, 6) is 0.419. The van der Waals surface area contributed by atoms with E-state index in [9.17, 15) is 4.39 Å². The molecule has 20 heavy (non-hydrogen) atoms. The van der Waals surface area contributed by atoms with E-state index >= 15 is 0 Å². The molecule has 0 aromatic heterocycles. The van der Waals surface area contributed by atoms with E-state index in [1.165, 1.54) is 6.07 Å². The van der Waals surface area contributed by atoms with Crippen LogP contribution < -0.4 is 10.1 Å². The van der Waals surface area contributed by atoms with E-state index in [-0.39, 0.29) is 11.1 Å². The summed E-state index contributed by atoms with van der Waals surface area (Å²) in [4.78, 5) is 0. The summed E-state index contributed by atoms with van der Waals surface area (Å²) in [6.45, 7) is 2.08. The van der Waals surface area contributed by atoms with Gasteiger partial charge < -0.3 is 10.1 Å². The molecule has 0 amide bonds. The number of ether oxygens (including phenoxy) is 1. The summed E-state index contributed by atoms with van der Waals surface area (Å²) in [6, 6.07) is 12.6. The van der Waals surface area contributed by atoms with Gasteiger partial charge in [0.2, 0.25) is 0 Å². The van der Waals surface area contributed by atoms with Crippen molar-refractivity contribution in [1.29, 1.82) is 0 Å². The highest BCUT2D eigenvalue weighted by molar-refractivity contribution is 6.31. The van der Waals surface area contributed by atoms with Crippen LogP contribution >= 0.6 is 11.6 Å². The van der Waals surface area contributed by atoms with Crippen molar-refractivity contribution in [1.82, 2.24) is 0 Å². The number of nitrogens with one attached hydrogen (secondary N) is 1. The fraction of sp³-hybridized carbons (Fsp3) is 0.250. The van der Waals surface area contributed by atoms with Crippen LogP contribution in [0, 0.1) is 5.82 Å². The van der Waals surface area contributed by atoms with E-state index in [0.29, 0.717) is 0 Å². The third kappa shape index (κ3) is 3.23. The number of benzene rings is 2. The van der Waals surface area contributed by atoms with E-state index in [1.54, 1.807) is 19.2 Å². The summed E-state index contributed by atoms with van der Waals surface area (Å²) >= 11 is 5.81. The van der Waals surface area contributed by atoms with Crippen LogP contribution in [0.15, 0.2) is 42.5 Å². The molecule has 0 spiro atoms. The lowest BCUT2D eigenvalue weighted by Gasteiger charge is -2.21. The highest BCUT2D eigenvalue weighted by atomic mass is 35.5. The first kappa shape index (κ1) is 14.7. The number of rotatable bonds is 5. The molecule has 2 aromatic rings. The monoisotopic (exact) mass is 293 g/mol. The second kappa shape index (κ2) is 6.62. The molecule has 0 bridgehead atoms. The van der Waals surface area contributed by atoms with Crippen LogP contribution in [0.4, 0.5) is 10.1 Å². The van der Waals surface area contributed by atoms with E-state index in [0.717, 1.165) is 23.4 Å². The molecular weight excluding hydrogens is 277 g/mol. The molecule has 0 heterocycles. The molecule has 0 aliphatic rings. The van der Waals surface area contributed by atoms with Crippen molar-refractivity contribution in [3.8, 4) is 5.75 Å². The van der Waals surface area contributed by atoms with Gasteiger partial charge >= 0.3 is 0 Å². The normalized spacial score (nSPS) is 12.0. The largest absolute Gasteiger partial charge is 0.496 e. The van der Waals surface area contributed by atoms with E-state index in [1.807, 2.05) is 24.3 Å². The van der Waals surface area contributed by atoms with Crippen LogP contribution in [0.1, 0.15) is 24.9 Å². The Hall–Kier alpha value is -1.74. The summed E-state index contributed by atoms with van der Waals surface area (Å²) in [7, 11) is 1.65. The maximum Gasteiger partial charge on any atom is 0.141 e. The van der Waals surface area contributed by atoms with Gasteiger partial charge in [0.05, 0.1) is 18.2 Å². The summed E-state index contributed by atoms with van der Waals surface area (Å²) in [5, 5.41) is 3.47. The highest BCUT2D eigenvalue weighted by Crippen LogP contribution is 2.30. The number of anilines is 1. The maximum absolute atomic E-state index is 13.2.